The number of hydrogen-bond donors (Lipinski definition) is 0. The molecule has 0 amide bonds. The van der Waals surface area contributed by atoms with Crippen LogP contribution in [0.2, 0.25) is 25.4 Å². The smallest absolute Gasteiger partial charge is 0.160 e. The molecule has 1 heterocycles. The van der Waals surface area contributed by atoms with Crippen molar-refractivity contribution in [2.45, 2.75) is 0 Å². The predicted octanol–water partition coefficient (Wildman–Crippen LogP) is 7.22. The van der Waals surface area contributed by atoms with E-state index in [1.807, 2.05) is 0 Å². The Hall–Kier alpha value is -1.10. The molecule has 3 aromatic rings. The van der Waals surface area contributed by atoms with Crippen LogP contribution in [0.15, 0.2) is 36.4 Å². The van der Waals surface area contributed by atoms with Gasteiger partial charge >= 0.3 is 0 Å². The summed E-state index contributed by atoms with van der Waals surface area (Å²) in [4.78, 5) is 0. The second-order valence-corrected chi connectivity index (χ2v) is 6.72. The van der Waals surface area contributed by atoms with Gasteiger partial charge < -0.3 is 0 Å². The van der Waals surface area contributed by atoms with Crippen molar-refractivity contribution >= 4 is 58.0 Å². The highest BCUT2D eigenvalue weighted by molar-refractivity contribution is 6.42. The van der Waals surface area contributed by atoms with Gasteiger partial charge in [0.15, 0.2) is 10.3 Å². The van der Waals surface area contributed by atoms with E-state index in [-0.39, 0.29) is 15.3 Å². The maximum Gasteiger partial charge on any atom is 0.160 e. The van der Waals surface area contributed by atoms with E-state index >= 15 is 0 Å². The fourth-order valence-corrected chi connectivity index (χ4v) is 3.28. The molecule has 0 atom stereocenters. The highest BCUT2D eigenvalue weighted by Gasteiger charge is 2.20. The first kappa shape index (κ1) is 17.7. The molecule has 0 saturated carbocycles. The highest BCUT2D eigenvalue weighted by atomic mass is 35.5. The Labute approximate surface area is 162 Å². The second kappa shape index (κ2) is 7.03. The molecule has 0 aliphatic carbocycles. The van der Waals surface area contributed by atoms with Gasteiger partial charge in [0, 0.05) is 16.7 Å². The molecule has 0 unspecified atom stereocenters. The molecule has 1 aromatic heterocycles. The minimum Gasteiger partial charge on any atom is -0.207 e. The van der Waals surface area contributed by atoms with Crippen molar-refractivity contribution in [2.75, 3.05) is 0 Å². The Morgan fingerprint density at radius 3 is 1.96 bits per heavy atom. The lowest BCUT2D eigenvalue weighted by atomic mass is 9.97. The average Bonchev–Trinajstić information content (AvgIpc) is 2.53. The van der Waals surface area contributed by atoms with Crippen molar-refractivity contribution in [3.05, 3.63) is 67.6 Å². The fourth-order valence-electron chi connectivity index (χ4n) is 2.25. The van der Waals surface area contributed by atoms with Crippen molar-refractivity contribution in [2.24, 2.45) is 0 Å². The van der Waals surface area contributed by atoms with Crippen LogP contribution in [0.25, 0.3) is 22.3 Å². The van der Waals surface area contributed by atoms with Crippen LogP contribution in [0.3, 0.4) is 0 Å². The lowest BCUT2D eigenvalue weighted by Crippen LogP contribution is -1.96. The van der Waals surface area contributed by atoms with E-state index in [2.05, 4.69) is 10.2 Å². The lowest BCUT2D eigenvalue weighted by molar-refractivity contribution is 0.628. The zero-order chi connectivity index (χ0) is 17.4. The van der Waals surface area contributed by atoms with Gasteiger partial charge in [0.05, 0.1) is 15.1 Å². The van der Waals surface area contributed by atoms with Crippen molar-refractivity contribution in [3.8, 4) is 22.3 Å². The van der Waals surface area contributed by atoms with Gasteiger partial charge in [-0.25, -0.2) is 4.39 Å². The van der Waals surface area contributed by atoms with Crippen LogP contribution >= 0.6 is 58.0 Å². The molecule has 0 radical (unpaired) electrons. The first-order valence-corrected chi connectivity index (χ1v) is 8.40. The van der Waals surface area contributed by atoms with Gasteiger partial charge in [-0.05, 0) is 35.9 Å². The van der Waals surface area contributed by atoms with Gasteiger partial charge in [0.25, 0.3) is 0 Å². The normalized spacial score (nSPS) is 10.9. The Morgan fingerprint density at radius 2 is 1.33 bits per heavy atom. The van der Waals surface area contributed by atoms with E-state index < -0.39 is 5.82 Å². The van der Waals surface area contributed by atoms with Crippen molar-refractivity contribution < 1.29 is 4.39 Å². The summed E-state index contributed by atoms with van der Waals surface area (Å²) in [6.45, 7) is 0. The number of rotatable bonds is 2. The summed E-state index contributed by atoms with van der Waals surface area (Å²) in [5.41, 5.74) is 2.01. The SMILES string of the molecule is Fc1ccc(-c2c(Cl)nnc(Cl)c2-c2ccc(Cl)c(Cl)c2)c(Cl)c1. The number of aromatic nitrogens is 2. The third-order valence-electron chi connectivity index (χ3n) is 3.30. The van der Waals surface area contributed by atoms with E-state index in [9.17, 15) is 4.39 Å². The molecule has 0 saturated heterocycles. The quantitative estimate of drug-likeness (QED) is 0.436. The maximum atomic E-state index is 13.4. The summed E-state index contributed by atoms with van der Waals surface area (Å²) in [5, 5.41) is 8.74. The Morgan fingerprint density at radius 1 is 0.667 bits per heavy atom. The topological polar surface area (TPSA) is 25.8 Å². The van der Waals surface area contributed by atoms with Crippen molar-refractivity contribution in [1.82, 2.24) is 10.2 Å². The molecule has 0 aliphatic rings. The summed E-state index contributed by atoms with van der Waals surface area (Å²) < 4.78 is 13.4. The first-order valence-electron chi connectivity index (χ1n) is 6.51. The molecule has 24 heavy (non-hydrogen) atoms. The fraction of sp³-hybridized carbons (Fsp3) is 0. The van der Waals surface area contributed by atoms with Crippen LogP contribution in [0.4, 0.5) is 4.39 Å². The largest absolute Gasteiger partial charge is 0.207 e. The molecule has 8 heteroatoms. The van der Waals surface area contributed by atoms with Crippen molar-refractivity contribution in [3.63, 3.8) is 0 Å². The molecule has 2 aromatic carbocycles. The number of hydrogen-bond acceptors (Lipinski definition) is 2. The lowest BCUT2D eigenvalue weighted by Gasteiger charge is -2.14. The number of halogens is 6. The van der Waals surface area contributed by atoms with Gasteiger partial charge in [-0.15, -0.1) is 10.2 Å². The van der Waals surface area contributed by atoms with Gasteiger partial charge in [-0.2, -0.15) is 0 Å². The zero-order valence-corrected chi connectivity index (χ0v) is 15.4. The van der Waals surface area contributed by atoms with E-state index in [0.717, 1.165) is 0 Å². The van der Waals surface area contributed by atoms with Crippen molar-refractivity contribution in [1.29, 1.82) is 0 Å². The number of nitrogens with zero attached hydrogens (tertiary/aromatic N) is 2. The van der Waals surface area contributed by atoms with Crippen LogP contribution in [-0.4, -0.2) is 10.2 Å². The monoisotopic (exact) mass is 420 g/mol. The minimum atomic E-state index is -0.468. The zero-order valence-electron chi connectivity index (χ0n) is 11.6. The first-order chi connectivity index (χ1) is 11.4. The van der Waals surface area contributed by atoms with Gasteiger partial charge in [0.1, 0.15) is 5.82 Å². The van der Waals surface area contributed by atoms with Gasteiger partial charge in [-0.3, -0.25) is 0 Å². The molecule has 2 nitrogen and oxygen atoms in total. The summed E-state index contributed by atoms with van der Waals surface area (Å²) in [7, 11) is 0. The van der Waals surface area contributed by atoms with E-state index in [4.69, 9.17) is 58.0 Å². The molecule has 3 rings (SSSR count). The molecule has 0 aliphatic heterocycles. The third kappa shape index (κ3) is 3.32. The van der Waals surface area contributed by atoms with E-state index in [1.54, 1.807) is 18.2 Å². The molecule has 0 bridgehead atoms. The molecule has 0 fully saturated rings. The molecule has 122 valence electrons. The molecule has 0 spiro atoms. The summed E-state index contributed by atoms with van der Waals surface area (Å²) in [6, 6.07) is 8.92. The van der Waals surface area contributed by atoms with Crippen LogP contribution in [0.5, 0.6) is 0 Å². The van der Waals surface area contributed by atoms with E-state index in [1.165, 1.54) is 18.2 Å². The maximum absolute atomic E-state index is 13.4. The molecular weight excluding hydrogens is 416 g/mol. The van der Waals surface area contributed by atoms with Crippen LogP contribution in [0, 0.1) is 5.82 Å². The Bertz CT molecular complexity index is 946. The summed E-state index contributed by atoms with van der Waals surface area (Å²) in [5.74, 6) is -0.468. The summed E-state index contributed by atoms with van der Waals surface area (Å²) >= 11 is 30.7. The summed E-state index contributed by atoms with van der Waals surface area (Å²) in [6.07, 6.45) is 0. The van der Waals surface area contributed by atoms with Crippen LogP contribution < -0.4 is 0 Å². The molecular formula is C16H6Cl5FN2. The minimum absolute atomic E-state index is 0.0778. The Balaban J connectivity index is 2.34. The molecule has 0 N–H and O–H groups in total. The van der Waals surface area contributed by atoms with Gasteiger partial charge in [-0.1, -0.05) is 64.1 Å². The standard InChI is InChI=1S/C16H6Cl5FN2/c17-10-4-1-7(5-12(10)19)13-14(16(21)24-23-15(13)20)9-3-2-8(22)6-11(9)18/h1-6H. The van der Waals surface area contributed by atoms with Crippen LogP contribution in [0.1, 0.15) is 0 Å². The average molecular weight is 423 g/mol. The Kier molecular flexibility index (Phi) is 5.19. The van der Waals surface area contributed by atoms with E-state index in [0.29, 0.717) is 32.3 Å². The predicted molar refractivity (Wildman–Crippen MR) is 97.9 cm³/mol. The number of benzene rings is 2. The van der Waals surface area contributed by atoms with Gasteiger partial charge in [0.2, 0.25) is 0 Å². The third-order valence-corrected chi connectivity index (χ3v) is 4.88. The second-order valence-electron chi connectivity index (χ2n) is 4.78. The highest BCUT2D eigenvalue weighted by Crippen LogP contribution is 2.43. The van der Waals surface area contributed by atoms with Crippen LogP contribution in [-0.2, 0) is 0 Å².